The van der Waals surface area contributed by atoms with E-state index in [0.29, 0.717) is 13.2 Å². The lowest BCUT2D eigenvalue weighted by Gasteiger charge is -2.12. The van der Waals surface area contributed by atoms with Gasteiger partial charge in [-0.15, -0.1) is 0 Å². The Balaban J connectivity index is 1.71. The summed E-state index contributed by atoms with van der Waals surface area (Å²) in [5.41, 5.74) is 3.06. The topological polar surface area (TPSA) is 38.7 Å². The van der Waals surface area contributed by atoms with E-state index in [1.807, 2.05) is 48.5 Å². The van der Waals surface area contributed by atoms with Crippen molar-refractivity contribution in [3.8, 4) is 5.75 Å². The van der Waals surface area contributed by atoms with E-state index in [4.69, 9.17) is 9.47 Å². The van der Waals surface area contributed by atoms with E-state index in [-0.39, 0.29) is 6.61 Å². The van der Waals surface area contributed by atoms with Crippen LogP contribution in [0.1, 0.15) is 16.7 Å². The molecule has 3 nitrogen and oxygen atoms in total. The van der Waals surface area contributed by atoms with Crippen LogP contribution in [-0.2, 0) is 24.6 Å². The second-order valence-electron chi connectivity index (χ2n) is 5.42. The van der Waals surface area contributed by atoms with Gasteiger partial charge in [-0.05, 0) is 39.6 Å². The Kier molecular flexibility index (Phi) is 4.91. The molecule has 0 saturated carbocycles. The molecular weight excluding hydrogens is 288 g/mol. The molecule has 3 aromatic rings. The average molecular weight is 308 g/mol. The van der Waals surface area contributed by atoms with Gasteiger partial charge in [-0.25, -0.2) is 0 Å². The Morgan fingerprint density at radius 3 is 2.39 bits per heavy atom. The molecule has 0 aliphatic rings. The van der Waals surface area contributed by atoms with Crippen molar-refractivity contribution in [3.05, 3.63) is 77.4 Å². The molecule has 0 atom stereocenters. The van der Waals surface area contributed by atoms with E-state index in [1.165, 1.54) is 0 Å². The standard InChI is InChI=1S/C20H20O3/c1-22-18-10-6-15(7-11-18)13-23-14-17-9-8-16-4-2-3-5-19(16)20(17)12-21/h2-11,21H,12-14H2,1H3. The maximum absolute atomic E-state index is 9.72. The predicted octanol–water partition coefficient (Wildman–Crippen LogP) is 4.06. The van der Waals surface area contributed by atoms with Crippen molar-refractivity contribution in [2.45, 2.75) is 19.8 Å². The minimum absolute atomic E-state index is 0.0165. The monoisotopic (exact) mass is 308 g/mol. The summed E-state index contributed by atoms with van der Waals surface area (Å²) in [6.07, 6.45) is 0. The van der Waals surface area contributed by atoms with Gasteiger partial charge in [-0.2, -0.15) is 0 Å². The van der Waals surface area contributed by atoms with Gasteiger partial charge in [0.05, 0.1) is 26.9 Å². The molecule has 0 amide bonds. The van der Waals surface area contributed by atoms with Crippen LogP contribution in [-0.4, -0.2) is 12.2 Å². The molecule has 0 bridgehead atoms. The lowest BCUT2D eigenvalue weighted by atomic mass is 10.00. The first-order chi connectivity index (χ1) is 11.3. The largest absolute Gasteiger partial charge is 0.497 e. The summed E-state index contributed by atoms with van der Waals surface area (Å²) >= 11 is 0. The second kappa shape index (κ2) is 7.27. The van der Waals surface area contributed by atoms with E-state index >= 15 is 0 Å². The van der Waals surface area contributed by atoms with Crippen molar-refractivity contribution in [1.29, 1.82) is 0 Å². The number of methoxy groups -OCH3 is 1. The van der Waals surface area contributed by atoms with Crippen LogP contribution in [0.2, 0.25) is 0 Å². The Morgan fingerprint density at radius 1 is 0.870 bits per heavy atom. The van der Waals surface area contributed by atoms with Gasteiger partial charge < -0.3 is 14.6 Å². The van der Waals surface area contributed by atoms with Crippen molar-refractivity contribution in [2.24, 2.45) is 0 Å². The van der Waals surface area contributed by atoms with E-state index in [1.54, 1.807) is 7.11 Å². The molecule has 0 unspecified atom stereocenters. The molecule has 0 radical (unpaired) electrons. The first-order valence-electron chi connectivity index (χ1n) is 7.63. The fourth-order valence-electron chi connectivity index (χ4n) is 2.70. The highest BCUT2D eigenvalue weighted by Crippen LogP contribution is 2.23. The first kappa shape index (κ1) is 15.5. The third kappa shape index (κ3) is 3.52. The zero-order valence-electron chi connectivity index (χ0n) is 13.2. The Labute approximate surface area is 136 Å². The number of hydrogen-bond acceptors (Lipinski definition) is 3. The summed E-state index contributed by atoms with van der Waals surface area (Å²) in [6, 6.07) is 20.0. The lowest BCUT2D eigenvalue weighted by Crippen LogP contribution is -2.00. The van der Waals surface area contributed by atoms with Gasteiger partial charge in [0.25, 0.3) is 0 Å². The summed E-state index contributed by atoms with van der Waals surface area (Å²) in [7, 11) is 1.65. The summed E-state index contributed by atoms with van der Waals surface area (Å²) in [6.45, 7) is 1.02. The molecule has 3 aromatic carbocycles. The minimum Gasteiger partial charge on any atom is -0.497 e. The number of rotatable bonds is 6. The van der Waals surface area contributed by atoms with Gasteiger partial charge in [0.1, 0.15) is 5.75 Å². The number of benzene rings is 3. The zero-order chi connectivity index (χ0) is 16.1. The number of aliphatic hydroxyl groups is 1. The summed E-state index contributed by atoms with van der Waals surface area (Å²) in [4.78, 5) is 0. The molecular formula is C20H20O3. The summed E-state index contributed by atoms with van der Waals surface area (Å²) in [5.74, 6) is 0.839. The van der Waals surface area contributed by atoms with Gasteiger partial charge in [0.15, 0.2) is 0 Å². The third-order valence-electron chi connectivity index (χ3n) is 3.98. The first-order valence-corrected chi connectivity index (χ1v) is 7.63. The van der Waals surface area contributed by atoms with Crippen molar-refractivity contribution < 1.29 is 14.6 Å². The highest BCUT2D eigenvalue weighted by molar-refractivity contribution is 5.86. The molecule has 3 heteroatoms. The Bertz CT molecular complexity index is 778. The number of ether oxygens (including phenoxy) is 2. The van der Waals surface area contributed by atoms with Gasteiger partial charge in [0, 0.05) is 0 Å². The van der Waals surface area contributed by atoms with E-state index < -0.39 is 0 Å². The smallest absolute Gasteiger partial charge is 0.118 e. The summed E-state index contributed by atoms with van der Waals surface area (Å²) < 4.78 is 11.0. The molecule has 1 N–H and O–H groups in total. The van der Waals surface area contributed by atoms with Crippen LogP contribution in [0.4, 0.5) is 0 Å². The zero-order valence-corrected chi connectivity index (χ0v) is 13.2. The van der Waals surface area contributed by atoms with Crippen LogP contribution in [0.3, 0.4) is 0 Å². The highest BCUT2D eigenvalue weighted by atomic mass is 16.5. The molecule has 0 aliphatic carbocycles. The Hall–Kier alpha value is -2.36. The molecule has 3 rings (SSSR count). The molecule has 0 aliphatic heterocycles. The molecule has 0 spiro atoms. The van der Waals surface area contributed by atoms with E-state index in [9.17, 15) is 5.11 Å². The predicted molar refractivity (Wildman–Crippen MR) is 91.4 cm³/mol. The van der Waals surface area contributed by atoms with Crippen molar-refractivity contribution >= 4 is 10.8 Å². The van der Waals surface area contributed by atoms with Crippen LogP contribution in [0.5, 0.6) is 5.75 Å². The van der Waals surface area contributed by atoms with Crippen molar-refractivity contribution in [2.75, 3.05) is 7.11 Å². The van der Waals surface area contributed by atoms with Gasteiger partial charge in [-0.3, -0.25) is 0 Å². The molecule has 23 heavy (non-hydrogen) atoms. The van der Waals surface area contributed by atoms with Crippen molar-refractivity contribution in [1.82, 2.24) is 0 Å². The van der Waals surface area contributed by atoms with E-state index in [2.05, 4.69) is 12.1 Å². The highest BCUT2D eigenvalue weighted by Gasteiger charge is 2.07. The van der Waals surface area contributed by atoms with Gasteiger partial charge in [0.2, 0.25) is 0 Å². The van der Waals surface area contributed by atoms with Crippen LogP contribution in [0.25, 0.3) is 10.8 Å². The quantitative estimate of drug-likeness (QED) is 0.746. The third-order valence-corrected chi connectivity index (χ3v) is 3.98. The second-order valence-corrected chi connectivity index (χ2v) is 5.42. The van der Waals surface area contributed by atoms with Crippen LogP contribution in [0, 0.1) is 0 Å². The fraction of sp³-hybridized carbons (Fsp3) is 0.200. The summed E-state index contributed by atoms with van der Waals surface area (Å²) in [5, 5.41) is 11.9. The number of fused-ring (bicyclic) bond motifs is 1. The van der Waals surface area contributed by atoms with Crippen LogP contribution < -0.4 is 4.74 Å². The fourth-order valence-corrected chi connectivity index (χ4v) is 2.70. The number of hydrogen-bond donors (Lipinski definition) is 1. The maximum Gasteiger partial charge on any atom is 0.118 e. The van der Waals surface area contributed by atoms with Crippen LogP contribution >= 0.6 is 0 Å². The molecule has 118 valence electrons. The normalized spacial score (nSPS) is 10.9. The molecule has 0 fully saturated rings. The number of aliphatic hydroxyl groups excluding tert-OH is 1. The molecule has 0 heterocycles. The van der Waals surface area contributed by atoms with Crippen LogP contribution in [0.15, 0.2) is 60.7 Å². The minimum atomic E-state index is 0.0165. The molecule has 0 aromatic heterocycles. The van der Waals surface area contributed by atoms with Gasteiger partial charge in [-0.1, -0.05) is 48.5 Å². The maximum atomic E-state index is 9.72. The van der Waals surface area contributed by atoms with Crippen molar-refractivity contribution in [3.63, 3.8) is 0 Å². The van der Waals surface area contributed by atoms with E-state index in [0.717, 1.165) is 33.2 Å². The lowest BCUT2D eigenvalue weighted by molar-refractivity contribution is 0.105. The SMILES string of the molecule is COc1ccc(COCc2ccc3ccccc3c2CO)cc1. The van der Waals surface area contributed by atoms with Gasteiger partial charge >= 0.3 is 0 Å². The average Bonchev–Trinajstić information content (AvgIpc) is 2.62. The Morgan fingerprint density at radius 2 is 1.65 bits per heavy atom. The molecule has 0 saturated heterocycles.